The van der Waals surface area contributed by atoms with Crippen LogP contribution in [-0.2, 0) is 0 Å². The zero-order valence-electron chi connectivity index (χ0n) is 11.9. The minimum atomic E-state index is -1.06. The van der Waals surface area contributed by atoms with Crippen LogP contribution in [0.25, 0.3) is 0 Å². The van der Waals surface area contributed by atoms with Crippen molar-refractivity contribution in [3.63, 3.8) is 0 Å². The van der Waals surface area contributed by atoms with E-state index in [4.69, 9.17) is 9.47 Å². The molecule has 0 saturated heterocycles. The highest BCUT2D eigenvalue weighted by Crippen LogP contribution is 2.18. The summed E-state index contributed by atoms with van der Waals surface area (Å²) in [6, 6.07) is 10.0. The number of carbonyl (C=O) groups excluding carboxylic acids is 1. The summed E-state index contributed by atoms with van der Waals surface area (Å²) in [5.41, 5.74) is 0.0558. The number of rotatable bonds is 6. The molecule has 0 aromatic heterocycles. The number of hydrogen-bond donors (Lipinski definition) is 1. The zero-order valence-corrected chi connectivity index (χ0v) is 11.9. The molecule has 0 heterocycles. The van der Waals surface area contributed by atoms with E-state index in [1.807, 2.05) is 0 Å². The smallest absolute Gasteiger partial charge is 0.251 e. The molecule has 2 aromatic carbocycles. The van der Waals surface area contributed by atoms with Crippen LogP contribution in [-0.4, -0.2) is 26.2 Å². The molecule has 0 fully saturated rings. The van der Waals surface area contributed by atoms with Crippen LogP contribution >= 0.6 is 0 Å². The Morgan fingerprint density at radius 2 is 1.86 bits per heavy atom. The van der Waals surface area contributed by atoms with Gasteiger partial charge in [0.2, 0.25) is 0 Å². The Morgan fingerprint density at radius 1 is 1.09 bits per heavy atom. The van der Waals surface area contributed by atoms with E-state index in [0.29, 0.717) is 11.5 Å². The van der Waals surface area contributed by atoms with Gasteiger partial charge in [-0.15, -0.1) is 0 Å². The average molecular weight is 307 g/mol. The first kappa shape index (κ1) is 15.8. The molecule has 0 aliphatic carbocycles. The first-order chi connectivity index (χ1) is 10.6. The Balaban J connectivity index is 1.80. The quantitative estimate of drug-likeness (QED) is 0.835. The molecule has 0 saturated carbocycles. The zero-order chi connectivity index (χ0) is 15.9. The topological polar surface area (TPSA) is 47.6 Å². The molecule has 22 heavy (non-hydrogen) atoms. The maximum atomic E-state index is 13.0. The standard InChI is InChI=1S/C16H15F2NO3/c1-21-12-3-2-4-13(10-12)22-8-7-19-16(20)11-5-6-14(17)15(18)9-11/h2-6,9-10H,7-8H2,1H3,(H,19,20). The van der Waals surface area contributed by atoms with Crippen molar-refractivity contribution in [3.8, 4) is 11.5 Å². The number of nitrogens with one attached hydrogen (secondary N) is 1. The Kier molecular flexibility index (Phi) is 5.30. The van der Waals surface area contributed by atoms with Crippen LogP contribution in [0, 0.1) is 11.6 Å². The summed E-state index contributed by atoms with van der Waals surface area (Å²) in [7, 11) is 1.56. The van der Waals surface area contributed by atoms with Crippen molar-refractivity contribution in [2.45, 2.75) is 0 Å². The Bertz CT molecular complexity index is 662. The number of methoxy groups -OCH3 is 1. The van der Waals surface area contributed by atoms with Gasteiger partial charge in [-0.05, 0) is 30.3 Å². The maximum Gasteiger partial charge on any atom is 0.251 e. The Hall–Kier alpha value is -2.63. The molecule has 1 N–H and O–H groups in total. The highest BCUT2D eigenvalue weighted by molar-refractivity contribution is 5.94. The highest BCUT2D eigenvalue weighted by atomic mass is 19.2. The van der Waals surface area contributed by atoms with Gasteiger partial charge in [0.15, 0.2) is 11.6 Å². The largest absolute Gasteiger partial charge is 0.497 e. The highest BCUT2D eigenvalue weighted by Gasteiger charge is 2.09. The van der Waals surface area contributed by atoms with Gasteiger partial charge in [-0.3, -0.25) is 4.79 Å². The summed E-state index contributed by atoms with van der Waals surface area (Å²) in [5.74, 6) is -1.25. The third-order valence-electron chi connectivity index (χ3n) is 2.88. The molecule has 0 bridgehead atoms. The normalized spacial score (nSPS) is 10.1. The average Bonchev–Trinajstić information content (AvgIpc) is 2.54. The monoisotopic (exact) mass is 307 g/mol. The van der Waals surface area contributed by atoms with E-state index in [2.05, 4.69) is 5.32 Å². The second kappa shape index (κ2) is 7.40. The van der Waals surface area contributed by atoms with E-state index in [1.54, 1.807) is 31.4 Å². The van der Waals surface area contributed by atoms with Crippen molar-refractivity contribution in [2.24, 2.45) is 0 Å². The predicted octanol–water partition coefficient (Wildman–Crippen LogP) is 2.78. The molecule has 4 nitrogen and oxygen atoms in total. The third kappa shape index (κ3) is 4.18. The van der Waals surface area contributed by atoms with Gasteiger partial charge in [0.05, 0.1) is 13.7 Å². The molecule has 2 aromatic rings. The first-order valence-corrected chi connectivity index (χ1v) is 6.60. The summed E-state index contributed by atoms with van der Waals surface area (Å²) in [6.45, 7) is 0.470. The Labute approximate surface area is 126 Å². The molecule has 2 rings (SSSR count). The van der Waals surface area contributed by atoms with Crippen molar-refractivity contribution >= 4 is 5.91 Å². The number of halogens is 2. The molecule has 116 valence electrons. The number of benzene rings is 2. The SMILES string of the molecule is COc1cccc(OCCNC(=O)c2ccc(F)c(F)c2)c1. The van der Waals surface area contributed by atoms with Crippen molar-refractivity contribution < 1.29 is 23.0 Å². The van der Waals surface area contributed by atoms with Crippen molar-refractivity contribution in [1.82, 2.24) is 5.32 Å². The summed E-state index contributed by atoms with van der Waals surface area (Å²) in [5, 5.41) is 2.56. The molecular formula is C16H15F2NO3. The summed E-state index contributed by atoms with van der Waals surface area (Å²) < 4.78 is 36.3. The van der Waals surface area contributed by atoms with Crippen LogP contribution in [0.15, 0.2) is 42.5 Å². The fourth-order valence-corrected chi connectivity index (χ4v) is 1.76. The van der Waals surface area contributed by atoms with Crippen LogP contribution in [0.5, 0.6) is 11.5 Å². The van der Waals surface area contributed by atoms with Gasteiger partial charge >= 0.3 is 0 Å². The van der Waals surface area contributed by atoms with Gasteiger partial charge in [0.25, 0.3) is 5.91 Å². The van der Waals surface area contributed by atoms with Crippen LogP contribution in [0.1, 0.15) is 10.4 Å². The molecule has 0 spiro atoms. The molecule has 1 amide bonds. The number of hydrogen-bond acceptors (Lipinski definition) is 3. The third-order valence-corrected chi connectivity index (χ3v) is 2.88. The molecule has 0 aliphatic heterocycles. The van der Waals surface area contributed by atoms with E-state index < -0.39 is 17.5 Å². The van der Waals surface area contributed by atoms with Crippen LogP contribution in [0.2, 0.25) is 0 Å². The number of carbonyl (C=O) groups is 1. The molecule has 0 unspecified atom stereocenters. The van der Waals surface area contributed by atoms with Gasteiger partial charge < -0.3 is 14.8 Å². The van der Waals surface area contributed by atoms with Crippen LogP contribution in [0.3, 0.4) is 0 Å². The van der Waals surface area contributed by atoms with E-state index in [9.17, 15) is 13.6 Å². The maximum absolute atomic E-state index is 13.0. The second-order valence-corrected chi connectivity index (χ2v) is 4.41. The first-order valence-electron chi connectivity index (χ1n) is 6.60. The lowest BCUT2D eigenvalue weighted by Gasteiger charge is -2.09. The van der Waals surface area contributed by atoms with Gasteiger partial charge in [-0.2, -0.15) is 0 Å². The van der Waals surface area contributed by atoms with Gasteiger partial charge in [0, 0.05) is 11.6 Å². The minimum Gasteiger partial charge on any atom is -0.497 e. The van der Waals surface area contributed by atoms with Crippen molar-refractivity contribution in [3.05, 3.63) is 59.7 Å². The lowest BCUT2D eigenvalue weighted by molar-refractivity contribution is 0.0946. The molecular weight excluding hydrogens is 292 g/mol. The lowest BCUT2D eigenvalue weighted by atomic mass is 10.2. The minimum absolute atomic E-state index is 0.0558. The number of amides is 1. The fraction of sp³-hybridized carbons (Fsp3) is 0.188. The second-order valence-electron chi connectivity index (χ2n) is 4.41. The van der Waals surface area contributed by atoms with Gasteiger partial charge in [-0.25, -0.2) is 8.78 Å². The predicted molar refractivity (Wildman–Crippen MR) is 77.2 cm³/mol. The molecule has 0 atom stereocenters. The van der Waals surface area contributed by atoms with Crippen molar-refractivity contribution in [1.29, 1.82) is 0 Å². The van der Waals surface area contributed by atoms with E-state index in [1.165, 1.54) is 6.07 Å². The van der Waals surface area contributed by atoms with E-state index >= 15 is 0 Å². The Morgan fingerprint density at radius 3 is 2.59 bits per heavy atom. The van der Waals surface area contributed by atoms with Crippen LogP contribution < -0.4 is 14.8 Å². The summed E-state index contributed by atoms with van der Waals surface area (Å²) in [6.07, 6.45) is 0. The van der Waals surface area contributed by atoms with Gasteiger partial charge in [0.1, 0.15) is 18.1 Å². The molecule has 6 heteroatoms. The number of ether oxygens (including phenoxy) is 2. The lowest BCUT2D eigenvalue weighted by Crippen LogP contribution is -2.28. The fourth-order valence-electron chi connectivity index (χ4n) is 1.76. The van der Waals surface area contributed by atoms with E-state index in [-0.39, 0.29) is 18.7 Å². The summed E-state index contributed by atoms with van der Waals surface area (Å²) >= 11 is 0. The van der Waals surface area contributed by atoms with Crippen LogP contribution in [0.4, 0.5) is 8.78 Å². The van der Waals surface area contributed by atoms with Gasteiger partial charge in [-0.1, -0.05) is 6.07 Å². The summed E-state index contributed by atoms with van der Waals surface area (Å²) in [4.78, 5) is 11.7. The molecule has 0 aliphatic rings. The van der Waals surface area contributed by atoms with Crippen molar-refractivity contribution in [2.75, 3.05) is 20.3 Å². The molecule has 0 radical (unpaired) electrons. The van der Waals surface area contributed by atoms with E-state index in [0.717, 1.165) is 12.1 Å².